The van der Waals surface area contributed by atoms with Gasteiger partial charge in [-0.3, -0.25) is 4.79 Å². The zero-order valence-electron chi connectivity index (χ0n) is 17.6. The van der Waals surface area contributed by atoms with Crippen molar-refractivity contribution in [2.75, 3.05) is 11.9 Å². The van der Waals surface area contributed by atoms with Gasteiger partial charge in [-0.15, -0.1) is 0 Å². The summed E-state index contributed by atoms with van der Waals surface area (Å²) >= 11 is 0. The molecule has 0 spiro atoms. The Morgan fingerprint density at radius 3 is 2.48 bits per heavy atom. The summed E-state index contributed by atoms with van der Waals surface area (Å²) in [5.41, 5.74) is 3.85. The Bertz CT molecular complexity index is 1400. The van der Waals surface area contributed by atoms with Crippen LogP contribution in [0.25, 0.3) is 5.69 Å². The summed E-state index contributed by atoms with van der Waals surface area (Å²) in [7, 11) is -3.73. The molecule has 0 saturated carbocycles. The van der Waals surface area contributed by atoms with Crippen molar-refractivity contribution in [2.24, 2.45) is 0 Å². The van der Waals surface area contributed by atoms with Gasteiger partial charge in [0.05, 0.1) is 10.6 Å². The molecule has 0 aliphatic carbocycles. The highest BCUT2D eigenvalue weighted by atomic mass is 32.2. The second-order valence-corrected chi connectivity index (χ2v) is 9.66. The van der Waals surface area contributed by atoms with Gasteiger partial charge in [-0.2, -0.15) is 9.40 Å². The maximum atomic E-state index is 13.3. The number of nitrogens with one attached hydrogen (secondary N) is 1. The molecule has 2 heterocycles. The quantitative estimate of drug-likeness (QED) is 0.494. The van der Waals surface area contributed by atoms with E-state index in [0.717, 1.165) is 11.3 Å². The van der Waals surface area contributed by atoms with E-state index >= 15 is 0 Å². The number of fused-ring (bicyclic) bond motifs is 1. The van der Waals surface area contributed by atoms with Crippen molar-refractivity contribution < 1.29 is 13.2 Å². The number of hydrogen-bond acceptors (Lipinski definition) is 5. The van der Waals surface area contributed by atoms with E-state index in [1.54, 1.807) is 47.4 Å². The van der Waals surface area contributed by atoms with Gasteiger partial charge in [-0.25, -0.2) is 18.1 Å². The van der Waals surface area contributed by atoms with Crippen LogP contribution in [0.1, 0.15) is 21.5 Å². The molecule has 4 aromatic rings. The van der Waals surface area contributed by atoms with Crippen LogP contribution in [0, 0.1) is 0 Å². The monoisotopic (exact) mass is 459 g/mol. The highest BCUT2D eigenvalue weighted by molar-refractivity contribution is 7.89. The lowest BCUT2D eigenvalue weighted by Crippen LogP contribution is -2.36. The molecule has 1 aromatic heterocycles. The fraction of sp³-hybridized carbons (Fsp3) is 0.125. The molecule has 9 heteroatoms. The Labute approximate surface area is 191 Å². The van der Waals surface area contributed by atoms with Gasteiger partial charge in [0.1, 0.15) is 12.7 Å². The van der Waals surface area contributed by atoms with Gasteiger partial charge in [0, 0.05) is 24.3 Å². The van der Waals surface area contributed by atoms with E-state index < -0.39 is 10.0 Å². The maximum Gasteiger partial charge on any atom is 0.255 e. The molecule has 1 amide bonds. The number of carbonyl (C=O) groups excluding carboxylic acids is 1. The van der Waals surface area contributed by atoms with E-state index in [4.69, 9.17) is 0 Å². The van der Waals surface area contributed by atoms with E-state index in [9.17, 15) is 13.2 Å². The van der Waals surface area contributed by atoms with E-state index in [1.807, 2.05) is 24.3 Å². The smallest absolute Gasteiger partial charge is 0.255 e. The number of nitrogens with zero attached hydrogens (tertiary/aromatic N) is 4. The van der Waals surface area contributed by atoms with Gasteiger partial charge in [-0.1, -0.05) is 30.3 Å². The third-order valence-corrected chi connectivity index (χ3v) is 7.48. The van der Waals surface area contributed by atoms with Crippen LogP contribution < -0.4 is 5.32 Å². The second-order valence-electron chi connectivity index (χ2n) is 7.73. The van der Waals surface area contributed by atoms with Gasteiger partial charge in [-0.05, 0) is 60.0 Å². The molecule has 166 valence electrons. The number of sulfonamides is 1. The summed E-state index contributed by atoms with van der Waals surface area (Å²) < 4.78 is 29.6. The van der Waals surface area contributed by atoms with Gasteiger partial charge in [0.2, 0.25) is 10.0 Å². The lowest BCUT2D eigenvalue weighted by molar-refractivity contribution is 0.102. The van der Waals surface area contributed by atoms with Crippen LogP contribution in [0.15, 0.2) is 90.3 Å². The molecule has 0 atom stereocenters. The predicted octanol–water partition coefficient (Wildman–Crippen LogP) is 3.27. The molecule has 0 unspecified atom stereocenters. The summed E-state index contributed by atoms with van der Waals surface area (Å²) in [5, 5.41) is 6.87. The average Bonchev–Trinajstić information content (AvgIpc) is 3.39. The number of carbonyl (C=O) groups is 1. The fourth-order valence-corrected chi connectivity index (χ4v) is 5.33. The van der Waals surface area contributed by atoms with Gasteiger partial charge in [0.25, 0.3) is 5.91 Å². The third-order valence-electron chi connectivity index (χ3n) is 5.64. The van der Waals surface area contributed by atoms with E-state index in [2.05, 4.69) is 15.4 Å². The first kappa shape index (κ1) is 21.0. The van der Waals surface area contributed by atoms with Gasteiger partial charge >= 0.3 is 0 Å². The average molecular weight is 460 g/mol. The molecule has 0 bridgehead atoms. The number of amides is 1. The predicted molar refractivity (Wildman–Crippen MR) is 123 cm³/mol. The zero-order chi connectivity index (χ0) is 22.8. The van der Waals surface area contributed by atoms with Crippen LogP contribution in [0.4, 0.5) is 5.69 Å². The van der Waals surface area contributed by atoms with Crippen molar-refractivity contribution in [3.63, 3.8) is 0 Å². The van der Waals surface area contributed by atoms with Gasteiger partial charge in [0.15, 0.2) is 0 Å². The Morgan fingerprint density at radius 2 is 1.73 bits per heavy atom. The molecular weight excluding hydrogens is 438 g/mol. The van der Waals surface area contributed by atoms with Crippen molar-refractivity contribution in [1.82, 2.24) is 19.1 Å². The van der Waals surface area contributed by atoms with E-state index in [1.165, 1.54) is 28.3 Å². The Morgan fingerprint density at radius 1 is 0.939 bits per heavy atom. The lowest BCUT2D eigenvalue weighted by Gasteiger charge is -2.28. The minimum absolute atomic E-state index is 0.107. The van der Waals surface area contributed by atoms with Crippen molar-refractivity contribution in [3.8, 4) is 5.69 Å². The summed E-state index contributed by atoms with van der Waals surface area (Å²) in [6, 6.07) is 21.1. The summed E-state index contributed by atoms with van der Waals surface area (Å²) in [6.45, 7) is 0.737. The number of benzene rings is 3. The number of aromatic nitrogens is 3. The molecule has 3 aromatic carbocycles. The first-order valence-corrected chi connectivity index (χ1v) is 11.9. The lowest BCUT2D eigenvalue weighted by atomic mass is 10.0. The standard InChI is InChI=1S/C24H21N5O3S/c30-24(27-21-8-10-22(11-9-21)29-17-25-16-26-29)19-6-3-7-23(14-19)33(31,32)28-13-12-18-4-1-2-5-20(18)15-28/h1-11,14,16-17H,12-13,15H2,(H,27,30). The van der Waals surface area contributed by atoms with Crippen LogP contribution in [0.5, 0.6) is 0 Å². The molecule has 33 heavy (non-hydrogen) atoms. The van der Waals surface area contributed by atoms with Crippen LogP contribution in [-0.4, -0.2) is 39.9 Å². The van der Waals surface area contributed by atoms with E-state index in [-0.39, 0.29) is 16.4 Å². The molecule has 0 fully saturated rings. The number of hydrogen-bond donors (Lipinski definition) is 1. The largest absolute Gasteiger partial charge is 0.322 e. The molecule has 1 aliphatic rings. The minimum Gasteiger partial charge on any atom is -0.322 e. The summed E-state index contributed by atoms with van der Waals surface area (Å²) in [4.78, 5) is 16.8. The number of rotatable bonds is 5. The summed E-state index contributed by atoms with van der Waals surface area (Å²) in [6.07, 6.45) is 3.69. The first-order valence-electron chi connectivity index (χ1n) is 10.4. The molecule has 1 N–H and O–H groups in total. The molecule has 0 saturated heterocycles. The second kappa shape index (κ2) is 8.61. The Kier molecular flexibility index (Phi) is 5.49. The highest BCUT2D eigenvalue weighted by Gasteiger charge is 2.28. The van der Waals surface area contributed by atoms with Crippen molar-refractivity contribution in [3.05, 3.63) is 102 Å². The van der Waals surface area contributed by atoms with Crippen LogP contribution in [0.3, 0.4) is 0 Å². The molecule has 5 rings (SSSR count). The highest BCUT2D eigenvalue weighted by Crippen LogP contribution is 2.25. The number of anilines is 1. The van der Waals surface area contributed by atoms with Gasteiger partial charge < -0.3 is 5.32 Å². The molecule has 8 nitrogen and oxygen atoms in total. The SMILES string of the molecule is O=C(Nc1ccc(-n2cncn2)cc1)c1cccc(S(=O)(=O)N2CCc3ccccc3C2)c1. The van der Waals surface area contributed by atoms with E-state index in [0.29, 0.717) is 25.2 Å². The molecule has 1 aliphatic heterocycles. The Balaban J connectivity index is 1.33. The third kappa shape index (κ3) is 4.28. The maximum absolute atomic E-state index is 13.3. The van der Waals surface area contributed by atoms with Crippen LogP contribution in [0.2, 0.25) is 0 Å². The topological polar surface area (TPSA) is 97.2 Å². The van der Waals surface area contributed by atoms with Crippen LogP contribution >= 0.6 is 0 Å². The Hall–Kier alpha value is -3.82. The molecule has 0 radical (unpaired) electrons. The van der Waals surface area contributed by atoms with Crippen molar-refractivity contribution >= 4 is 21.6 Å². The normalized spacial score (nSPS) is 13.9. The first-order chi connectivity index (χ1) is 16.0. The fourth-order valence-electron chi connectivity index (χ4n) is 3.86. The summed E-state index contributed by atoms with van der Waals surface area (Å²) in [5.74, 6) is -0.385. The zero-order valence-corrected chi connectivity index (χ0v) is 18.4. The van der Waals surface area contributed by atoms with Crippen molar-refractivity contribution in [2.45, 2.75) is 17.9 Å². The minimum atomic E-state index is -3.73. The van der Waals surface area contributed by atoms with Crippen molar-refractivity contribution in [1.29, 1.82) is 0 Å². The molecular formula is C24H21N5O3S. The van der Waals surface area contributed by atoms with Crippen LogP contribution in [-0.2, 0) is 23.0 Å².